The first-order valence-corrected chi connectivity index (χ1v) is 6.49. The Kier molecular flexibility index (Phi) is 4.22. The summed E-state index contributed by atoms with van der Waals surface area (Å²) in [7, 11) is 1.47. The molecule has 2 aliphatic rings. The lowest BCUT2D eigenvalue weighted by molar-refractivity contribution is -0.147. The van der Waals surface area contributed by atoms with Gasteiger partial charge in [-0.25, -0.2) is 0 Å². The van der Waals surface area contributed by atoms with Crippen LogP contribution in [0.15, 0.2) is 0 Å². The van der Waals surface area contributed by atoms with E-state index >= 15 is 0 Å². The third kappa shape index (κ3) is 2.97. The van der Waals surface area contributed by atoms with E-state index in [1.54, 1.807) is 0 Å². The monoisotopic (exact) mass is 226 g/mol. The van der Waals surface area contributed by atoms with E-state index < -0.39 is 0 Å². The molecule has 2 fully saturated rings. The van der Waals surface area contributed by atoms with Gasteiger partial charge in [-0.3, -0.25) is 4.79 Å². The van der Waals surface area contributed by atoms with Crippen molar-refractivity contribution in [3.63, 3.8) is 0 Å². The van der Waals surface area contributed by atoms with Gasteiger partial charge >= 0.3 is 5.97 Å². The fourth-order valence-corrected chi connectivity index (χ4v) is 2.56. The molecule has 0 unspecified atom stereocenters. The third-order valence-corrected chi connectivity index (χ3v) is 4.00. The van der Waals surface area contributed by atoms with Crippen molar-refractivity contribution in [3.8, 4) is 0 Å². The van der Waals surface area contributed by atoms with Gasteiger partial charge in [-0.15, -0.1) is 0 Å². The van der Waals surface area contributed by atoms with Crippen LogP contribution in [0.4, 0.5) is 0 Å². The van der Waals surface area contributed by atoms with E-state index in [1.165, 1.54) is 26.4 Å². The van der Waals surface area contributed by atoms with Crippen LogP contribution in [0.5, 0.6) is 0 Å². The van der Waals surface area contributed by atoms with Gasteiger partial charge in [-0.05, 0) is 44.4 Å². The number of carbonyl (C=O) groups excluding carboxylic acids is 1. The van der Waals surface area contributed by atoms with Crippen LogP contribution in [0.25, 0.3) is 0 Å². The Bertz CT molecular complexity index is 227. The van der Waals surface area contributed by atoms with E-state index in [-0.39, 0.29) is 11.9 Å². The molecule has 2 saturated carbocycles. The number of ether oxygens (including phenoxy) is 2. The van der Waals surface area contributed by atoms with Crippen LogP contribution in [0.1, 0.15) is 44.9 Å². The summed E-state index contributed by atoms with van der Waals surface area (Å²) in [6, 6.07) is 0. The molecule has 2 rings (SSSR count). The number of hydrogen-bond donors (Lipinski definition) is 0. The topological polar surface area (TPSA) is 35.5 Å². The number of rotatable bonds is 4. The van der Waals surface area contributed by atoms with Gasteiger partial charge in [0.05, 0.1) is 19.1 Å². The summed E-state index contributed by atoms with van der Waals surface area (Å²) >= 11 is 0. The third-order valence-electron chi connectivity index (χ3n) is 4.00. The van der Waals surface area contributed by atoms with E-state index in [0.29, 0.717) is 6.10 Å². The Morgan fingerprint density at radius 3 is 2.31 bits per heavy atom. The predicted octanol–water partition coefficient (Wildman–Crippen LogP) is 2.53. The van der Waals surface area contributed by atoms with Gasteiger partial charge in [0.25, 0.3) is 0 Å². The molecule has 3 heteroatoms. The standard InChI is InChI=1S/C13H22O3/c1-15-13(14)11-5-7-12(8-6-11)16-9-10-3-2-4-10/h10-12H,2-9H2,1H3. The molecule has 0 amide bonds. The van der Waals surface area contributed by atoms with E-state index in [0.717, 1.165) is 38.2 Å². The quantitative estimate of drug-likeness (QED) is 0.691. The molecule has 92 valence electrons. The van der Waals surface area contributed by atoms with Crippen molar-refractivity contribution in [3.05, 3.63) is 0 Å². The second-order valence-electron chi connectivity index (χ2n) is 5.13. The predicted molar refractivity (Wildman–Crippen MR) is 61.1 cm³/mol. The largest absolute Gasteiger partial charge is 0.469 e. The minimum Gasteiger partial charge on any atom is -0.469 e. The number of methoxy groups -OCH3 is 1. The zero-order valence-electron chi connectivity index (χ0n) is 10.1. The Balaban J connectivity index is 1.62. The van der Waals surface area contributed by atoms with E-state index in [4.69, 9.17) is 9.47 Å². The van der Waals surface area contributed by atoms with Crippen molar-refractivity contribution in [2.75, 3.05) is 13.7 Å². The maximum Gasteiger partial charge on any atom is 0.308 e. The molecule has 0 atom stereocenters. The van der Waals surface area contributed by atoms with Crippen molar-refractivity contribution >= 4 is 5.97 Å². The molecule has 2 aliphatic carbocycles. The summed E-state index contributed by atoms with van der Waals surface area (Å²) in [5.41, 5.74) is 0. The minimum atomic E-state index is -0.0440. The maximum absolute atomic E-state index is 11.3. The van der Waals surface area contributed by atoms with Crippen LogP contribution in [0.2, 0.25) is 0 Å². The minimum absolute atomic E-state index is 0.0440. The SMILES string of the molecule is COC(=O)C1CCC(OCC2CCC2)CC1. The lowest BCUT2D eigenvalue weighted by Gasteiger charge is -2.31. The highest BCUT2D eigenvalue weighted by Gasteiger charge is 2.28. The van der Waals surface area contributed by atoms with Crippen LogP contribution in [0.3, 0.4) is 0 Å². The number of carbonyl (C=O) groups is 1. The van der Waals surface area contributed by atoms with E-state index in [9.17, 15) is 4.79 Å². The van der Waals surface area contributed by atoms with Crippen LogP contribution in [0, 0.1) is 11.8 Å². The van der Waals surface area contributed by atoms with E-state index in [1.807, 2.05) is 0 Å². The summed E-state index contributed by atoms with van der Waals surface area (Å²) in [5, 5.41) is 0. The van der Waals surface area contributed by atoms with Crippen LogP contribution < -0.4 is 0 Å². The highest BCUT2D eigenvalue weighted by Crippen LogP contribution is 2.30. The highest BCUT2D eigenvalue weighted by atomic mass is 16.5. The van der Waals surface area contributed by atoms with Gasteiger partial charge in [-0.1, -0.05) is 6.42 Å². The first-order valence-electron chi connectivity index (χ1n) is 6.49. The Morgan fingerprint density at radius 1 is 1.12 bits per heavy atom. The summed E-state index contributed by atoms with van der Waals surface area (Å²) in [5.74, 6) is 0.893. The highest BCUT2D eigenvalue weighted by molar-refractivity contribution is 5.72. The van der Waals surface area contributed by atoms with Crippen molar-refractivity contribution in [2.45, 2.75) is 51.0 Å². The zero-order valence-corrected chi connectivity index (χ0v) is 10.1. The van der Waals surface area contributed by atoms with Gasteiger partial charge in [0.2, 0.25) is 0 Å². The fourth-order valence-electron chi connectivity index (χ4n) is 2.56. The van der Waals surface area contributed by atoms with Gasteiger partial charge in [-0.2, -0.15) is 0 Å². The normalized spacial score (nSPS) is 30.8. The second-order valence-corrected chi connectivity index (χ2v) is 5.13. The Labute approximate surface area is 97.5 Å². The van der Waals surface area contributed by atoms with Gasteiger partial charge in [0.15, 0.2) is 0 Å². The molecular weight excluding hydrogens is 204 g/mol. The van der Waals surface area contributed by atoms with Crippen LogP contribution >= 0.6 is 0 Å². The molecule has 0 bridgehead atoms. The molecule has 0 heterocycles. The molecule has 0 saturated heterocycles. The van der Waals surface area contributed by atoms with Crippen molar-refractivity contribution < 1.29 is 14.3 Å². The van der Waals surface area contributed by atoms with Crippen molar-refractivity contribution in [1.82, 2.24) is 0 Å². The molecule has 0 aromatic carbocycles. The Hall–Kier alpha value is -0.570. The summed E-state index contributed by atoms with van der Waals surface area (Å²) in [6.45, 7) is 0.938. The van der Waals surface area contributed by atoms with Crippen LogP contribution in [-0.2, 0) is 14.3 Å². The smallest absolute Gasteiger partial charge is 0.308 e. The molecule has 0 aromatic rings. The molecule has 0 aliphatic heterocycles. The van der Waals surface area contributed by atoms with Crippen LogP contribution in [-0.4, -0.2) is 25.8 Å². The lowest BCUT2D eigenvalue weighted by Crippen LogP contribution is -2.29. The van der Waals surface area contributed by atoms with Gasteiger partial charge in [0.1, 0.15) is 0 Å². The summed E-state index contributed by atoms with van der Waals surface area (Å²) in [4.78, 5) is 11.3. The maximum atomic E-state index is 11.3. The summed E-state index contributed by atoms with van der Waals surface area (Å²) < 4.78 is 10.7. The van der Waals surface area contributed by atoms with E-state index in [2.05, 4.69) is 0 Å². The first-order chi connectivity index (χ1) is 7.79. The average molecular weight is 226 g/mol. The number of esters is 1. The van der Waals surface area contributed by atoms with Crippen molar-refractivity contribution in [2.24, 2.45) is 11.8 Å². The molecule has 0 N–H and O–H groups in total. The fraction of sp³-hybridized carbons (Fsp3) is 0.923. The lowest BCUT2D eigenvalue weighted by atomic mass is 9.85. The molecule has 3 nitrogen and oxygen atoms in total. The Morgan fingerprint density at radius 2 is 1.81 bits per heavy atom. The van der Waals surface area contributed by atoms with Crippen molar-refractivity contribution in [1.29, 1.82) is 0 Å². The summed E-state index contributed by atoms with van der Waals surface area (Å²) in [6.07, 6.45) is 8.36. The average Bonchev–Trinajstić information content (AvgIpc) is 2.27. The molecular formula is C13H22O3. The second kappa shape index (κ2) is 5.67. The zero-order chi connectivity index (χ0) is 11.4. The molecule has 0 radical (unpaired) electrons. The first kappa shape index (κ1) is 11.9. The molecule has 16 heavy (non-hydrogen) atoms. The number of hydrogen-bond acceptors (Lipinski definition) is 3. The molecule has 0 aromatic heterocycles. The van der Waals surface area contributed by atoms with Gasteiger partial charge < -0.3 is 9.47 Å². The molecule has 0 spiro atoms. The van der Waals surface area contributed by atoms with Gasteiger partial charge in [0, 0.05) is 6.61 Å².